The van der Waals surface area contributed by atoms with Gasteiger partial charge in [-0.15, -0.1) is 0 Å². The van der Waals surface area contributed by atoms with Crippen LogP contribution in [0, 0.1) is 0 Å². The van der Waals surface area contributed by atoms with E-state index >= 15 is 0 Å². The standard InChI is InChI=1S/C24H20F3NO3/c1-16(29)31-22-12-11-20(24(25,26)27)14-21(22)19-10-6-7-17(13-19)15-28(2)23(30)18-8-4-3-5-9-18/h3-14H,15H2,1-2H3. The molecule has 0 saturated heterocycles. The van der Waals surface area contributed by atoms with E-state index in [0.717, 1.165) is 23.8 Å². The van der Waals surface area contributed by atoms with Gasteiger partial charge in [0, 0.05) is 31.6 Å². The molecule has 0 aliphatic rings. The molecule has 4 nitrogen and oxygen atoms in total. The summed E-state index contributed by atoms with van der Waals surface area (Å²) >= 11 is 0. The summed E-state index contributed by atoms with van der Waals surface area (Å²) in [6, 6.07) is 18.5. The van der Waals surface area contributed by atoms with Crippen LogP contribution < -0.4 is 4.74 Å². The first-order valence-electron chi connectivity index (χ1n) is 9.44. The molecule has 3 aromatic rings. The largest absolute Gasteiger partial charge is 0.426 e. The van der Waals surface area contributed by atoms with E-state index in [1.165, 1.54) is 11.8 Å². The molecule has 0 heterocycles. The van der Waals surface area contributed by atoms with Crippen LogP contribution in [0.2, 0.25) is 0 Å². The van der Waals surface area contributed by atoms with E-state index in [-0.39, 0.29) is 23.8 Å². The lowest BCUT2D eigenvalue weighted by atomic mass is 9.99. The topological polar surface area (TPSA) is 46.6 Å². The highest BCUT2D eigenvalue weighted by Gasteiger charge is 2.31. The van der Waals surface area contributed by atoms with E-state index in [9.17, 15) is 22.8 Å². The lowest BCUT2D eigenvalue weighted by Crippen LogP contribution is -2.26. The Morgan fingerprint density at radius 2 is 1.65 bits per heavy atom. The average molecular weight is 427 g/mol. The fourth-order valence-corrected chi connectivity index (χ4v) is 3.16. The summed E-state index contributed by atoms with van der Waals surface area (Å²) in [6.07, 6.45) is -4.54. The molecule has 7 heteroatoms. The van der Waals surface area contributed by atoms with Gasteiger partial charge in [-0.3, -0.25) is 9.59 Å². The minimum absolute atomic E-state index is 0.0337. The lowest BCUT2D eigenvalue weighted by Gasteiger charge is -2.18. The van der Waals surface area contributed by atoms with Gasteiger partial charge in [0.1, 0.15) is 5.75 Å². The fourth-order valence-electron chi connectivity index (χ4n) is 3.16. The minimum Gasteiger partial charge on any atom is -0.426 e. The smallest absolute Gasteiger partial charge is 0.416 e. The number of amides is 1. The van der Waals surface area contributed by atoms with Crippen molar-refractivity contribution in [1.82, 2.24) is 4.90 Å². The van der Waals surface area contributed by atoms with E-state index in [0.29, 0.717) is 11.1 Å². The van der Waals surface area contributed by atoms with E-state index in [1.807, 2.05) is 6.07 Å². The van der Waals surface area contributed by atoms with Crippen molar-refractivity contribution in [2.24, 2.45) is 0 Å². The van der Waals surface area contributed by atoms with Gasteiger partial charge in [0.2, 0.25) is 0 Å². The first-order chi connectivity index (χ1) is 14.6. The SMILES string of the molecule is CC(=O)Oc1ccc(C(F)(F)F)cc1-c1cccc(CN(C)C(=O)c2ccccc2)c1. The second-order valence-electron chi connectivity index (χ2n) is 7.03. The molecule has 0 unspecified atom stereocenters. The predicted molar refractivity (Wildman–Crippen MR) is 110 cm³/mol. The van der Waals surface area contributed by atoms with E-state index in [1.54, 1.807) is 55.6 Å². The van der Waals surface area contributed by atoms with Gasteiger partial charge in [0.05, 0.1) is 5.56 Å². The number of halogens is 3. The molecule has 0 aliphatic heterocycles. The normalized spacial score (nSPS) is 11.1. The Labute approximate surface area is 177 Å². The van der Waals surface area contributed by atoms with Crippen molar-refractivity contribution in [3.05, 3.63) is 89.5 Å². The second kappa shape index (κ2) is 9.04. The molecular weight excluding hydrogens is 407 g/mol. The third kappa shape index (κ3) is 5.51. The number of rotatable bonds is 5. The van der Waals surface area contributed by atoms with Gasteiger partial charge < -0.3 is 9.64 Å². The first-order valence-corrected chi connectivity index (χ1v) is 9.44. The van der Waals surface area contributed by atoms with Crippen molar-refractivity contribution < 1.29 is 27.5 Å². The summed E-state index contributed by atoms with van der Waals surface area (Å²) in [7, 11) is 1.65. The molecule has 0 atom stereocenters. The van der Waals surface area contributed by atoms with Gasteiger partial charge in [-0.1, -0.05) is 36.4 Å². The molecular formula is C24H20F3NO3. The van der Waals surface area contributed by atoms with Gasteiger partial charge in [-0.25, -0.2) is 0 Å². The molecule has 0 aliphatic carbocycles. The fraction of sp³-hybridized carbons (Fsp3) is 0.167. The zero-order valence-electron chi connectivity index (χ0n) is 16.9. The Morgan fingerprint density at radius 3 is 2.29 bits per heavy atom. The maximum Gasteiger partial charge on any atom is 0.416 e. The van der Waals surface area contributed by atoms with Crippen LogP contribution in [0.4, 0.5) is 13.2 Å². The first kappa shape index (κ1) is 22.1. The van der Waals surface area contributed by atoms with Crippen LogP contribution in [0.1, 0.15) is 28.4 Å². The van der Waals surface area contributed by atoms with Crippen molar-refractivity contribution >= 4 is 11.9 Å². The molecule has 0 saturated carbocycles. The third-order valence-corrected chi connectivity index (χ3v) is 4.59. The van der Waals surface area contributed by atoms with Crippen molar-refractivity contribution in [1.29, 1.82) is 0 Å². The highest BCUT2D eigenvalue weighted by Crippen LogP contribution is 2.37. The molecule has 0 fully saturated rings. The van der Waals surface area contributed by atoms with Crippen LogP contribution in [0.5, 0.6) is 5.75 Å². The maximum atomic E-state index is 13.2. The summed E-state index contributed by atoms with van der Waals surface area (Å²) in [5, 5.41) is 0. The van der Waals surface area contributed by atoms with Crippen LogP contribution in [0.3, 0.4) is 0 Å². The number of hydrogen-bond acceptors (Lipinski definition) is 3. The van der Waals surface area contributed by atoms with Gasteiger partial charge in [0.25, 0.3) is 5.91 Å². The number of carbonyl (C=O) groups is 2. The molecule has 160 valence electrons. The molecule has 0 N–H and O–H groups in total. The van der Waals surface area contributed by atoms with Crippen LogP contribution in [-0.2, 0) is 17.5 Å². The van der Waals surface area contributed by atoms with E-state index in [4.69, 9.17) is 4.74 Å². The predicted octanol–water partition coefficient (Wildman–Crippen LogP) is 5.57. The summed E-state index contributed by atoms with van der Waals surface area (Å²) in [4.78, 5) is 25.5. The van der Waals surface area contributed by atoms with Gasteiger partial charge in [-0.05, 0) is 47.5 Å². The zero-order chi connectivity index (χ0) is 22.6. The highest BCUT2D eigenvalue weighted by molar-refractivity contribution is 5.94. The Morgan fingerprint density at radius 1 is 0.935 bits per heavy atom. The number of esters is 1. The number of benzene rings is 3. The molecule has 0 bridgehead atoms. The van der Waals surface area contributed by atoms with E-state index < -0.39 is 17.7 Å². The van der Waals surface area contributed by atoms with Gasteiger partial charge in [0.15, 0.2) is 0 Å². The number of carbonyl (C=O) groups excluding carboxylic acids is 2. The van der Waals surface area contributed by atoms with Crippen LogP contribution >= 0.6 is 0 Å². The summed E-state index contributed by atoms with van der Waals surface area (Å²) in [6.45, 7) is 1.44. The van der Waals surface area contributed by atoms with Crippen molar-refractivity contribution in [2.75, 3.05) is 7.05 Å². The molecule has 0 spiro atoms. The molecule has 31 heavy (non-hydrogen) atoms. The van der Waals surface area contributed by atoms with Gasteiger partial charge >= 0.3 is 12.1 Å². The summed E-state index contributed by atoms with van der Waals surface area (Å²) < 4.78 is 44.8. The average Bonchev–Trinajstić information content (AvgIpc) is 2.73. The highest BCUT2D eigenvalue weighted by atomic mass is 19.4. The third-order valence-electron chi connectivity index (χ3n) is 4.59. The quantitative estimate of drug-likeness (QED) is 0.395. The Bertz CT molecular complexity index is 1090. The monoisotopic (exact) mass is 427 g/mol. The van der Waals surface area contributed by atoms with E-state index in [2.05, 4.69) is 0 Å². The lowest BCUT2D eigenvalue weighted by molar-refractivity contribution is -0.137. The second-order valence-corrected chi connectivity index (χ2v) is 7.03. The minimum atomic E-state index is -4.54. The number of ether oxygens (including phenoxy) is 1. The van der Waals surface area contributed by atoms with Crippen molar-refractivity contribution in [3.8, 4) is 16.9 Å². The number of hydrogen-bond donors (Lipinski definition) is 0. The Kier molecular flexibility index (Phi) is 6.44. The van der Waals surface area contributed by atoms with Crippen molar-refractivity contribution in [3.63, 3.8) is 0 Å². The van der Waals surface area contributed by atoms with Crippen molar-refractivity contribution in [2.45, 2.75) is 19.6 Å². The molecule has 3 rings (SSSR count). The Balaban J connectivity index is 1.93. The molecule has 0 aromatic heterocycles. The number of alkyl halides is 3. The molecule has 0 radical (unpaired) electrons. The Hall–Kier alpha value is -3.61. The van der Waals surface area contributed by atoms with Crippen LogP contribution in [0.25, 0.3) is 11.1 Å². The maximum absolute atomic E-state index is 13.2. The number of nitrogens with zero attached hydrogens (tertiary/aromatic N) is 1. The zero-order valence-corrected chi connectivity index (χ0v) is 16.9. The van der Waals surface area contributed by atoms with Crippen LogP contribution in [-0.4, -0.2) is 23.8 Å². The molecule has 3 aromatic carbocycles. The summed E-state index contributed by atoms with van der Waals surface area (Å²) in [5.41, 5.74) is 0.996. The van der Waals surface area contributed by atoms with Crippen LogP contribution in [0.15, 0.2) is 72.8 Å². The van der Waals surface area contributed by atoms with Gasteiger partial charge in [-0.2, -0.15) is 13.2 Å². The summed E-state index contributed by atoms with van der Waals surface area (Å²) in [5.74, 6) is -0.776. The molecule has 1 amide bonds.